The van der Waals surface area contributed by atoms with E-state index in [0.29, 0.717) is 0 Å². The Kier molecular flexibility index (Phi) is 2.87. The molecule has 17 heavy (non-hydrogen) atoms. The summed E-state index contributed by atoms with van der Waals surface area (Å²) in [5.74, 6) is 0. The Hall–Kier alpha value is -1.49. The lowest BCUT2D eigenvalue weighted by molar-refractivity contribution is 0.0639. The van der Waals surface area contributed by atoms with Crippen LogP contribution in [0.3, 0.4) is 0 Å². The number of hydrogen-bond acceptors (Lipinski definition) is 2. The average Bonchev–Trinajstić information content (AvgIpc) is 2.59. The number of benzene rings is 1. The Morgan fingerprint density at radius 2 is 2.18 bits per heavy atom. The molecule has 0 radical (unpaired) electrons. The maximum Gasteiger partial charge on any atom is 0.256 e. The molecule has 0 saturated heterocycles. The third kappa shape index (κ3) is 2.29. The molecule has 5 heteroatoms. The summed E-state index contributed by atoms with van der Waals surface area (Å²) in [6.45, 7) is 1.36. The fraction of sp³-hybridized carbons (Fsp3) is 0.417. The number of alkyl halides is 2. The van der Waals surface area contributed by atoms with Crippen molar-refractivity contribution in [2.75, 3.05) is 0 Å². The molecule has 1 aromatic heterocycles. The first-order chi connectivity index (χ1) is 7.90. The van der Waals surface area contributed by atoms with Crippen molar-refractivity contribution in [1.29, 1.82) is 0 Å². The second-order valence-corrected chi connectivity index (χ2v) is 4.66. The van der Waals surface area contributed by atoms with Crippen molar-refractivity contribution in [3.63, 3.8) is 0 Å². The van der Waals surface area contributed by atoms with Gasteiger partial charge in [0.25, 0.3) is 6.43 Å². The number of nitrogens with two attached hydrogens (primary N) is 1. The van der Waals surface area contributed by atoms with Gasteiger partial charge in [0.2, 0.25) is 0 Å². The molecule has 0 aliphatic carbocycles. The van der Waals surface area contributed by atoms with Crippen LogP contribution in [0.15, 0.2) is 24.5 Å². The highest BCUT2D eigenvalue weighted by molar-refractivity contribution is 5.75. The first-order valence-corrected chi connectivity index (χ1v) is 5.37. The zero-order valence-corrected chi connectivity index (χ0v) is 9.82. The second kappa shape index (κ2) is 4.07. The lowest BCUT2D eigenvalue weighted by Crippen LogP contribution is -2.45. The van der Waals surface area contributed by atoms with Gasteiger partial charge in [-0.2, -0.15) is 0 Å². The molecule has 92 valence electrons. The Balaban J connectivity index is 2.31. The number of nitrogens with zero attached hydrogens (tertiary/aromatic N) is 2. The van der Waals surface area contributed by atoms with E-state index in [4.69, 9.17) is 5.73 Å². The predicted octanol–water partition coefficient (Wildman–Crippen LogP) is 2.10. The van der Waals surface area contributed by atoms with Gasteiger partial charge in [-0.1, -0.05) is 6.07 Å². The second-order valence-electron chi connectivity index (χ2n) is 4.66. The first-order valence-electron chi connectivity index (χ1n) is 5.37. The number of fused-ring (bicyclic) bond motifs is 1. The van der Waals surface area contributed by atoms with E-state index in [2.05, 4.69) is 4.98 Å². The Morgan fingerprint density at radius 1 is 1.47 bits per heavy atom. The topological polar surface area (TPSA) is 43.8 Å². The molecule has 0 spiro atoms. The molecule has 2 rings (SSSR count). The van der Waals surface area contributed by atoms with Crippen LogP contribution in [-0.2, 0) is 13.5 Å². The zero-order valence-electron chi connectivity index (χ0n) is 9.82. The average molecular weight is 239 g/mol. The number of rotatable bonds is 3. The summed E-state index contributed by atoms with van der Waals surface area (Å²) < 4.78 is 27.2. The SMILES string of the molecule is Cn1cnc2cc(CC(C)(N)C(F)F)ccc21. The Bertz CT molecular complexity index is 532. The van der Waals surface area contributed by atoms with Gasteiger partial charge in [-0.25, -0.2) is 13.8 Å². The van der Waals surface area contributed by atoms with Crippen molar-refractivity contribution in [3.05, 3.63) is 30.1 Å². The van der Waals surface area contributed by atoms with Crippen LogP contribution in [0.4, 0.5) is 8.78 Å². The molecule has 2 N–H and O–H groups in total. The van der Waals surface area contributed by atoms with Gasteiger partial charge >= 0.3 is 0 Å². The summed E-state index contributed by atoms with van der Waals surface area (Å²) in [4.78, 5) is 4.19. The van der Waals surface area contributed by atoms with Crippen molar-refractivity contribution in [2.45, 2.75) is 25.3 Å². The lowest BCUT2D eigenvalue weighted by atomic mass is 9.94. The van der Waals surface area contributed by atoms with Crippen molar-refractivity contribution in [1.82, 2.24) is 9.55 Å². The quantitative estimate of drug-likeness (QED) is 0.891. The summed E-state index contributed by atoms with van der Waals surface area (Å²) in [6.07, 6.45) is -0.706. The minimum Gasteiger partial charge on any atom is -0.334 e. The number of imidazole rings is 1. The lowest BCUT2D eigenvalue weighted by Gasteiger charge is -2.23. The van der Waals surface area contributed by atoms with Gasteiger partial charge in [0.15, 0.2) is 0 Å². The molecule has 0 amide bonds. The van der Waals surface area contributed by atoms with Crippen molar-refractivity contribution < 1.29 is 8.78 Å². The largest absolute Gasteiger partial charge is 0.334 e. The monoisotopic (exact) mass is 239 g/mol. The molecule has 0 bridgehead atoms. The van der Waals surface area contributed by atoms with Crippen molar-refractivity contribution in [3.8, 4) is 0 Å². The highest BCUT2D eigenvalue weighted by Gasteiger charge is 2.30. The van der Waals surface area contributed by atoms with Crippen LogP contribution >= 0.6 is 0 Å². The Morgan fingerprint density at radius 3 is 2.82 bits per heavy atom. The molecule has 0 aliphatic heterocycles. The molecule has 0 aliphatic rings. The summed E-state index contributed by atoms with van der Waals surface area (Å²) in [5.41, 5.74) is 6.62. The molecule has 1 aromatic carbocycles. The van der Waals surface area contributed by atoms with Crippen LogP contribution in [0.2, 0.25) is 0 Å². The minimum absolute atomic E-state index is 0.136. The standard InChI is InChI=1S/C12H15F2N3/c1-12(15,11(13)14)6-8-3-4-10-9(5-8)16-7-17(10)2/h3-5,7,11H,6,15H2,1-2H3. The summed E-state index contributed by atoms with van der Waals surface area (Å²) in [5, 5.41) is 0. The van der Waals surface area contributed by atoms with Crippen molar-refractivity contribution >= 4 is 11.0 Å². The molecule has 1 atom stereocenters. The van der Waals surface area contributed by atoms with Crippen LogP contribution in [-0.4, -0.2) is 21.5 Å². The third-order valence-electron chi connectivity index (χ3n) is 2.87. The van der Waals surface area contributed by atoms with Gasteiger partial charge in [-0.3, -0.25) is 0 Å². The minimum atomic E-state index is -2.54. The number of hydrogen-bond donors (Lipinski definition) is 1. The van der Waals surface area contributed by atoms with E-state index in [1.807, 2.05) is 29.8 Å². The summed E-state index contributed by atoms with van der Waals surface area (Å²) >= 11 is 0. The highest BCUT2D eigenvalue weighted by Crippen LogP contribution is 2.21. The molecule has 1 heterocycles. The van der Waals surface area contributed by atoms with Gasteiger partial charge < -0.3 is 10.3 Å². The fourth-order valence-electron chi connectivity index (χ4n) is 1.81. The summed E-state index contributed by atoms with van der Waals surface area (Å²) in [7, 11) is 1.89. The number of aryl methyl sites for hydroxylation is 1. The normalized spacial score (nSPS) is 15.4. The molecule has 0 saturated carbocycles. The predicted molar refractivity (Wildman–Crippen MR) is 63.0 cm³/mol. The maximum absolute atomic E-state index is 12.7. The molecule has 3 nitrogen and oxygen atoms in total. The highest BCUT2D eigenvalue weighted by atomic mass is 19.3. The van der Waals surface area contributed by atoms with Gasteiger partial charge in [-0.05, 0) is 31.0 Å². The molecular formula is C12H15F2N3. The number of halogens is 2. The van der Waals surface area contributed by atoms with E-state index in [-0.39, 0.29) is 6.42 Å². The van der Waals surface area contributed by atoms with Crippen LogP contribution in [0, 0.1) is 0 Å². The molecule has 1 unspecified atom stereocenters. The molecule has 2 aromatic rings. The van der Waals surface area contributed by atoms with Crippen LogP contribution < -0.4 is 5.73 Å². The van der Waals surface area contributed by atoms with E-state index < -0.39 is 12.0 Å². The van der Waals surface area contributed by atoms with Crippen LogP contribution in [0.25, 0.3) is 11.0 Å². The van der Waals surface area contributed by atoms with E-state index in [1.54, 1.807) is 6.33 Å². The van der Waals surface area contributed by atoms with Gasteiger partial charge in [0.05, 0.1) is 22.9 Å². The van der Waals surface area contributed by atoms with Crippen LogP contribution in [0.5, 0.6) is 0 Å². The van der Waals surface area contributed by atoms with E-state index in [9.17, 15) is 8.78 Å². The van der Waals surface area contributed by atoms with E-state index in [0.717, 1.165) is 16.6 Å². The van der Waals surface area contributed by atoms with E-state index >= 15 is 0 Å². The number of aromatic nitrogens is 2. The summed E-state index contributed by atoms with van der Waals surface area (Å²) in [6, 6.07) is 5.50. The smallest absolute Gasteiger partial charge is 0.256 e. The fourth-order valence-corrected chi connectivity index (χ4v) is 1.81. The third-order valence-corrected chi connectivity index (χ3v) is 2.87. The van der Waals surface area contributed by atoms with Crippen molar-refractivity contribution in [2.24, 2.45) is 12.8 Å². The zero-order chi connectivity index (χ0) is 12.6. The first kappa shape index (κ1) is 12.0. The Labute approximate surface area is 98.2 Å². The van der Waals surface area contributed by atoms with E-state index in [1.165, 1.54) is 6.92 Å². The maximum atomic E-state index is 12.7. The van der Waals surface area contributed by atoms with Gasteiger partial charge in [0, 0.05) is 7.05 Å². The molecule has 0 fully saturated rings. The molecular weight excluding hydrogens is 224 g/mol. The van der Waals surface area contributed by atoms with Gasteiger partial charge in [0.1, 0.15) is 0 Å². The van der Waals surface area contributed by atoms with Crippen LogP contribution in [0.1, 0.15) is 12.5 Å². The van der Waals surface area contributed by atoms with Gasteiger partial charge in [-0.15, -0.1) is 0 Å².